The number of benzene rings is 2. The maximum atomic E-state index is 12.7. The highest BCUT2D eigenvalue weighted by atomic mass is 32.2. The van der Waals surface area contributed by atoms with E-state index in [0.29, 0.717) is 23.1 Å². The Bertz CT molecular complexity index is 1070. The molecule has 0 saturated heterocycles. The molecule has 4 rings (SSSR count). The summed E-state index contributed by atoms with van der Waals surface area (Å²) in [4.78, 5) is 22.4. The van der Waals surface area contributed by atoms with Crippen LogP contribution in [0.15, 0.2) is 47.5 Å². The van der Waals surface area contributed by atoms with Gasteiger partial charge in [0.25, 0.3) is 0 Å². The highest BCUT2D eigenvalue weighted by Crippen LogP contribution is 2.34. The van der Waals surface area contributed by atoms with Crippen molar-refractivity contribution < 1.29 is 14.3 Å². The van der Waals surface area contributed by atoms with E-state index in [1.54, 1.807) is 32.4 Å². The van der Waals surface area contributed by atoms with Crippen molar-refractivity contribution in [3.8, 4) is 11.5 Å². The Labute approximate surface area is 186 Å². The van der Waals surface area contributed by atoms with Crippen LogP contribution in [-0.4, -0.2) is 35.8 Å². The molecule has 0 aliphatic heterocycles. The van der Waals surface area contributed by atoms with E-state index in [0.717, 1.165) is 34.6 Å². The van der Waals surface area contributed by atoms with Crippen LogP contribution in [0.2, 0.25) is 0 Å². The van der Waals surface area contributed by atoms with E-state index in [1.807, 2.05) is 24.3 Å². The van der Waals surface area contributed by atoms with Gasteiger partial charge in [-0.3, -0.25) is 4.79 Å². The van der Waals surface area contributed by atoms with E-state index in [-0.39, 0.29) is 11.7 Å². The fraction of sp³-hybridized carbons (Fsp3) is 0.375. The van der Waals surface area contributed by atoms with Gasteiger partial charge in [0.15, 0.2) is 0 Å². The molecule has 3 aromatic rings. The van der Waals surface area contributed by atoms with E-state index < -0.39 is 0 Å². The summed E-state index contributed by atoms with van der Waals surface area (Å²) in [6.07, 6.45) is 6.03. The molecule has 31 heavy (non-hydrogen) atoms. The van der Waals surface area contributed by atoms with Crippen LogP contribution in [0.25, 0.3) is 10.9 Å². The maximum Gasteiger partial charge on any atom is 0.234 e. The lowest BCUT2D eigenvalue weighted by atomic mass is 9.88. The second-order valence-corrected chi connectivity index (χ2v) is 8.61. The SMILES string of the molecule is COc1ccc(NC(=O)CSc2nc(C3CCCCC3)nc3ccccc23)c(OC)c1. The van der Waals surface area contributed by atoms with Crippen LogP contribution in [0, 0.1) is 0 Å². The maximum absolute atomic E-state index is 12.7. The summed E-state index contributed by atoms with van der Waals surface area (Å²) < 4.78 is 10.6. The van der Waals surface area contributed by atoms with Crippen molar-refractivity contribution in [1.82, 2.24) is 9.97 Å². The molecule has 2 aromatic carbocycles. The van der Waals surface area contributed by atoms with Crippen molar-refractivity contribution in [2.75, 3.05) is 25.3 Å². The van der Waals surface area contributed by atoms with E-state index >= 15 is 0 Å². The van der Waals surface area contributed by atoms with Crippen LogP contribution in [-0.2, 0) is 4.79 Å². The molecule has 6 nitrogen and oxygen atoms in total. The van der Waals surface area contributed by atoms with Gasteiger partial charge in [0.2, 0.25) is 5.91 Å². The molecule has 0 bridgehead atoms. The Morgan fingerprint density at radius 2 is 1.87 bits per heavy atom. The number of thioether (sulfide) groups is 1. The summed E-state index contributed by atoms with van der Waals surface area (Å²) in [5.74, 6) is 2.70. The lowest BCUT2D eigenvalue weighted by Gasteiger charge is -2.21. The lowest BCUT2D eigenvalue weighted by Crippen LogP contribution is -2.15. The van der Waals surface area contributed by atoms with Crippen LogP contribution in [0.1, 0.15) is 43.8 Å². The Morgan fingerprint density at radius 1 is 1.06 bits per heavy atom. The van der Waals surface area contributed by atoms with Crippen molar-refractivity contribution >= 4 is 34.3 Å². The molecule has 1 aromatic heterocycles. The number of aromatic nitrogens is 2. The Morgan fingerprint density at radius 3 is 2.65 bits per heavy atom. The zero-order valence-electron chi connectivity index (χ0n) is 17.9. The number of amides is 1. The topological polar surface area (TPSA) is 73.3 Å². The van der Waals surface area contributed by atoms with Crippen molar-refractivity contribution in [1.29, 1.82) is 0 Å². The molecule has 1 aliphatic rings. The van der Waals surface area contributed by atoms with Crippen LogP contribution in [0.3, 0.4) is 0 Å². The summed E-state index contributed by atoms with van der Waals surface area (Å²) in [6, 6.07) is 13.3. The highest BCUT2D eigenvalue weighted by Gasteiger charge is 2.20. The van der Waals surface area contributed by atoms with Crippen LogP contribution >= 0.6 is 11.8 Å². The minimum Gasteiger partial charge on any atom is -0.497 e. The Balaban J connectivity index is 1.51. The molecule has 0 radical (unpaired) electrons. The molecule has 1 saturated carbocycles. The number of hydrogen-bond donors (Lipinski definition) is 1. The first-order valence-corrected chi connectivity index (χ1v) is 11.6. The third-order valence-electron chi connectivity index (χ3n) is 5.58. The summed E-state index contributed by atoms with van der Waals surface area (Å²) in [6.45, 7) is 0. The van der Waals surface area contributed by atoms with Gasteiger partial charge in [0.05, 0.1) is 31.2 Å². The van der Waals surface area contributed by atoms with Gasteiger partial charge >= 0.3 is 0 Å². The fourth-order valence-electron chi connectivity index (χ4n) is 3.94. The first kappa shape index (κ1) is 21.4. The van der Waals surface area contributed by atoms with Crippen molar-refractivity contribution in [3.05, 3.63) is 48.3 Å². The molecular weight excluding hydrogens is 410 g/mol. The molecule has 0 atom stereocenters. The molecular formula is C24H27N3O3S. The molecule has 1 fully saturated rings. The van der Waals surface area contributed by atoms with Gasteiger partial charge in [0, 0.05) is 17.4 Å². The van der Waals surface area contributed by atoms with Crippen LogP contribution < -0.4 is 14.8 Å². The molecule has 0 unspecified atom stereocenters. The molecule has 1 aliphatic carbocycles. The second kappa shape index (κ2) is 10.0. The minimum absolute atomic E-state index is 0.115. The zero-order chi connectivity index (χ0) is 21.6. The molecule has 1 amide bonds. The number of nitrogens with zero attached hydrogens (tertiary/aromatic N) is 2. The molecule has 1 N–H and O–H groups in total. The Hall–Kier alpha value is -2.80. The third kappa shape index (κ3) is 5.10. The van der Waals surface area contributed by atoms with Gasteiger partial charge < -0.3 is 14.8 Å². The normalized spacial score (nSPS) is 14.4. The van der Waals surface area contributed by atoms with Gasteiger partial charge in [-0.25, -0.2) is 9.97 Å². The number of hydrogen-bond acceptors (Lipinski definition) is 6. The van der Waals surface area contributed by atoms with E-state index in [1.165, 1.54) is 31.0 Å². The average molecular weight is 438 g/mol. The fourth-order valence-corrected chi connectivity index (χ4v) is 4.77. The van der Waals surface area contributed by atoms with Gasteiger partial charge in [-0.1, -0.05) is 49.2 Å². The standard InChI is InChI=1S/C24H27N3O3S/c1-29-17-12-13-20(21(14-17)30-2)25-22(28)15-31-24-18-10-6-7-11-19(18)26-23(27-24)16-8-4-3-5-9-16/h6-7,10-14,16H,3-5,8-9,15H2,1-2H3,(H,25,28). The van der Waals surface area contributed by atoms with Gasteiger partial charge in [0.1, 0.15) is 22.3 Å². The van der Waals surface area contributed by atoms with Crippen molar-refractivity contribution in [2.24, 2.45) is 0 Å². The minimum atomic E-state index is -0.115. The number of fused-ring (bicyclic) bond motifs is 1. The largest absolute Gasteiger partial charge is 0.497 e. The van der Waals surface area contributed by atoms with Crippen LogP contribution in [0.4, 0.5) is 5.69 Å². The highest BCUT2D eigenvalue weighted by molar-refractivity contribution is 8.00. The van der Waals surface area contributed by atoms with Gasteiger partial charge in [-0.15, -0.1) is 0 Å². The quantitative estimate of drug-likeness (QED) is 0.393. The Kier molecular flexibility index (Phi) is 6.92. The zero-order valence-corrected chi connectivity index (χ0v) is 18.7. The third-order valence-corrected chi connectivity index (χ3v) is 6.57. The van der Waals surface area contributed by atoms with Crippen molar-refractivity contribution in [3.63, 3.8) is 0 Å². The number of para-hydroxylation sites is 1. The van der Waals surface area contributed by atoms with E-state index in [2.05, 4.69) is 5.32 Å². The monoisotopic (exact) mass is 437 g/mol. The number of methoxy groups -OCH3 is 2. The summed E-state index contributed by atoms with van der Waals surface area (Å²) in [5, 5.41) is 4.78. The van der Waals surface area contributed by atoms with E-state index in [9.17, 15) is 4.79 Å². The van der Waals surface area contributed by atoms with E-state index in [4.69, 9.17) is 19.4 Å². The number of carbonyl (C=O) groups is 1. The molecule has 1 heterocycles. The second-order valence-electron chi connectivity index (χ2n) is 7.64. The number of ether oxygens (including phenoxy) is 2. The summed E-state index contributed by atoms with van der Waals surface area (Å²) in [5.41, 5.74) is 1.56. The van der Waals surface area contributed by atoms with Gasteiger partial charge in [-0.05, 0) is 31.0 Å². The molecule has 162 valence electrons. The number of nitrogens with one attached hydrogen (secondary N) is 1. The van der Waals surface area contributed by atoms with Gasteiger partial charge in [-0.2, -0.15) is 0 Å². The lowest BCUT2D eigenvalue weighted by molar-refractivity contribution is -0.113. The number of rotatable bonds is 7. The molecule has 7 heteroatoms. The average Bonchev–Trinajstić information content (AvgIpc) is 2.83. The van der Waals surface area contributed by atoms with Crippen molar-refractivity contribution in [2.45, 2.75) is 43.0 Å². The smallest absolute Gasteiger partial charge is 0.234 e. The first-order chi connectivity index (χ1) is 15.2. The predicted octanol–water partition coefficient (Wildman–Crippen LogP) is 5.43. The number of carbonyl (C=O) groups excluding carboxylic acids is 1. The first-order valence-electron chi connectivity index (χ1n) is 10.6. The molecule has 0 spiro atoms. The predicted molar refractivity (Wildman–Crippen MR) is 124 cm³/mol. The number of anilines is 1. The summed E-state index contributed by atoms with van der Waals surface area (Å²) >= 11 is 1.45. The van der Waals surface area contributed by atoms with Crippen LogP contribution in [0.5, 0.6) is 11.5 Å². The summed E-state index contributed by atoms with van der Waals surface area (Å²) in [7, 11) is 3.16.